The molecule has 0 aliphatic carbocycles. The number of hydrogen-bond donors (Lipinski definition) is 1. The zero-order valence-corrected chi connectivity index (χ0v) is 12.3. The minimum Gasteiger partial charge on any atom is -0.334 e. The van der Waals surface area contributed by atoms with Crippen LogP contribution in [0.3, 0.4) is 0 Å². The van der Waals surface area contributed by atoms with Crippen LogP contribution in [-0.4, -0.2) is 41.1 Å². The van der Waals surface area contributed by atoms with Gasteiger partial charge in [0.2, 0.25) is 0 Å². The van der Waals surface area contributed by atoms with Crippen LogP contribution in [0.1, 0.15) is 45.5 Å². The van der Waals surface area contributed by atoms with E-state index < -0.39 is 0 Å². The van der Waals surface area contributed by atoms with Crippen LogP contribution >= 0.6 is 0 Å². The van der Waals surface area contributed by atoms with Gasteiger partial charge in [0, 0.05) is 25.5 Å². The highest BCUT2D eigenvalue weighted by molar-refractivity contribution is 4.99. The van der Waals surface area contributed by atoms with Gasteiger partial charge < -0.3 is 14.8 Å². The Hall–Kier alpha value is -0.870. The molecular weight excluding hydrogens is 224 g/mol. The van der Waals surface area contributed by atoms with Crippen LogP contribution in [0.2, 0.25) is 0 Å². The zero-order valence-electron chi connectivity index (χ0n) is 12.3. The second kappa shape index (κ2) is 8.27. The van der Waals surface area contributed by atoms with Crippen molar-refractivity contribution >= 4 is 0 Å². The number of rotatable bonds is 9. The summed E-state index contributed by atoms with van der Waals surface area (Å²) in [6.07, 6.45) is 6.25. The van der Waals surface area contributed by atoms with E-state index in [4.69, 9.17) is 0 Å². The Bertz CT molecular complexity index is 317. The van der Waals surface area contributed by atoms with Crippen LogP contribution in [-0.2, 0) is 6.54 Å². The molecule has 1 aromatic heterocycles. The second-order valence-electron chi connectivity index (χ2n) is 4.64. The maximum absolute atomic E-state index is 4.52. The lowest BCUT2D eigenvalue weighted by Crippen LogP contribution is -2.29. The lowest BCUT2D eigenvalue weighted by atomic mass is 10.2. The van der Waals surface area contributed by atoms with Crippen LogP contribution in [0.25, 0.3) is 0 Å². The lowest BCUT2D eigenvalue weighted by molar-refractivity contribution is 0.280. The predicted molar refractivity (Wildman–Crippen MR) is 76.7 cm³/mol. The largest absolute Gasteiger partial charge is 0.334 e. The van der Waals surface area contributed by atoms with Gasteiger partial charge in [0.1, 0.15) is 5.82 Å². The normalized spacial score (nSPS) is 13.2. The van der Waals surface area contributed by atoms with E-state index >= 15 is 0 Å². The fraction of sp³-hybridized carbons (Fsp3) is 0.786. The van der Waals surface area contributed by atoms with E-state index in [0.717, 1.165) is 39.0 Å². The predicted octanol–water partition coefficient (Wildman–Crippen LogP) is 2.29. The van der Waals surface area contributed by atoms with Crippen molar-refractivity contribution in [1.29, 1.82) is 0 Å². The maximum Gasteiger partial charge on any atom is 0.125 e. The molecule has 1 heterocycles. The molecule has 0 aromatic carbocycles. The van der Waals surface area contributed by atoms with Crippen LogP contribution < -0.4 is 5.32 Å². The molecular formula is C14H28N4. The van der Waals surface area contributed by atoms with Crippen molar-refractivity contribution in [3.8, 4) is 0 Å². The SMILES string of the molecule is CCCn1ccnc1C(CCN(CC)CC)NC. The summed E-state index contributed by atoms with van der Waals surface area (Å²) in [5.74, 6) is 1.17. The van der Waals surface area contributed by atoms with E-state index in [1.54, 1.807) is 0 Å². The molecule has 0 saturated heterocycles. The summed E-state index contributed by atoms with van der Waals surface area (Å²) in [5, 5.41) is 3.40. The summed E-state index contributed by atoms with van der Waals surface area (Å²) in [7, 11) is 2.03. The molecule has 4 heteroatoms. The van der Waals surface area contributed by atoms with E-state index in [9.17, 15) is 0 Å². The van der Waals surface area contributed by atoms with Crippen LogP contribution in [0.5, 0.6) is 0 Å². The molecule has 0 radical (unpaired) electrons. The fourth-order valence-electron chi connectivity index (χ4n) is 2.31. The van der Waals surface area contributed by atoms with E-state index in [1.807, 2.05) is 13.2 Å². The number of hydrogen-bond acceptors (Lipinski definition) is 3. The zero-order chi connectivity index (χ0) is 13.4. The Morgan fingerprint density at radius 1 is 1.33 bits per heavy atom. The molecule has 0 bridgehead atoms. The van der Waals surface area contributed by atoms with Crippen LogP contribution in [0.4, 0.5) is 0 Å². The number of imidazole rings is 1. The smallest absolute Gasteiger partial charge is 0.125 e. The van der Waals surface area contributed by atoms with Gasteiger partial charge in [-0.05, 0) is 33.0 Å². The van der Waals surface area contributed by atoms with E-state index in [-0.39, 0.29) is 0 Å². The Kier molecular flexibility index (Phi) is 6.98. The first-order valence-electron chi connectivity index (χ1n) is 7.17. The third-order valence-electron chi connectivity index (χ3n) is 3.50. The Labute approximate surface area is 111 Å². The van der Waals surface area contributed by atoms with Crippen molar-refractivity contribution in [1.82, 2.24) is 19.8 Å². The Morgan fingerprint density at radius 2 is 2.06 bits per heavy atom. The lowest BCUT2D eigenvalue weighted by Gasteiger charge is -2.22. The molecule has 0 amide bonds. The van der Waals surface area contributed by atoms with E-state index in [1.165, 1.54) is 5.82 Å². The quantitative estimate of drug-likeness (QED) is 0.732. The van der Waals surface area contributed by atoms with Crippen LogP contribution in [0.15, 0.2) is 12.4 Å². The van der Waals surface area contributed by atoms with Crippen molar-refractivity contribution in [2.75, 3.05) is 26.7 Å². The van der Waals surface area contributed by atoms with Crippen molar-refractivity contribution < 1.29 is 0 Å². The molecule has 4 nitrogen and oxygen atoms in total. The highest BCUT2D eigenvalue weighted by Gasteiger charge is 2.15. The van der Waals surface area contributed by atoms with Gasteiger partial charge >= 0.3 is 0 Å². The maximum atomic E-state index is 4.52. The second-order valence-corrected chi connectivity index (χ2v) is 4.64. The number of aromatic nitrogens is 2. The Morgan fingerprint density at radius 3 is 2.61 bits per heavy atom. The third-order valence-corrected chi connectivity index (χ3v) is 3.50. The topological polar surface area (TPSA) is 33.1 Å². The average Bonchev–Trinajstić information content (AvgIpc) is 2.84. The molecule has 18 heavy (non-hydrogen) atoms. The molecule has 0 aliphatic heterocycles. The van der Waals surface area contributed by atoms with Gasteiger partial charge in [0.15, 0.2) is 0 Å². The summed E-state index contributed by atoms with van der Waals surface area (Å²) < 4.78 is 2.27. The monoisotopic (exact) mass is 252 g/mol. The summed E-state index contributed by atoms with van der Waals surface area (Å²) in [6, 6.07) is 0.354. The van der Waals surface area contributed by atoms with Crippen molar-refractivity contribution in [2.45, 2.75) is 46.2 Å². The molecule has 104 valence electrons. The van der Waals surface area contributed by atoms with Gasteiger partial charge in [0.25, 0.3) is 0 Å². The molecule has 1 N–H and O–H groups in total. The first kappa shape index (κ1) is 15.2. The van der Waals surface area contributed by atoms with Gasteiger partial charge in [-0.1, -0.05) is 20.8 Å². The average molecular weight is 252 g/mol. The number of nitrogens with one attached hydrogen (secondary N) is 1. The highest BCUT2D eigenvalue weighted by atomic mass is 15.1. The summed E-state index contributed by atoms with van der Waals surface area (Å²) in [4.78, 5) is 6.97. The number of aryl methyl sites for hydroxylation is 1. The third kappa shape index (κ3) is 4.10. The molecule has 1 atom stereocenters. The fourth-order valence-corrected chi connectivity index (χ4v) is 2.31. The number of nitrogens with zero attached hydrogens (tertiary/aromatic N) is 3. The molecule has 0 aliphatic rings. The molecule has 1 rings (SSSR count). The van der Waals surface area contributed by atoms with Gasteiger partial charge in [-0.3, -0.25) is 0 Å². The standard InChI is InChI=1S/C14H28N4/c1-5-10-18-12-9-16-14(18)13(15-4)8-11-17(6-2)7-3/h9,12-13,15H,5-8,10-11H2,1-4H3. The molecule has 1 aromatic rings. The minimum absolute atomic E-state index is 0.354. The molecule has 0 spiro atoms. The highest BCUT2D eigenvalue weighted by Crippen LogP contribution is 2.15. The molecule has 0 fully saturated rings. The summed E-state index contributed by atoms with van der Waals surface area (Å²) in [5.41, 5.74) is 0. The first-order valence-corrected chi connectivity index (χ1v) is 7.17. The van der Waals surface area contributed by atoms with Crippen molar-refractivity contribution in [2.24, 2.45) is 0 Å². The van der Waals surface area contributed by atoms with Gasteiger partial charge in [-0.15, -0.1) is 0 Å². The van der Waals surface area contributed by atoms with E-state index in [2.05, 4.69) is 46.7 Å². The van der Waals surface area contributed by atoms with Gasteiger partial charge in [-0.2, -0.15) is 0 Å². The first-order chi connectivity index (χ1) is 8.76. The van der Waals surface area contributed by atoms with E-state index in [0.29, 0.717) is 6.04 Å². The van der Waals surface area contributed by atoms with Crippen LogP contribution in [0, 0.1) is 0 Å². The van der Waals surface area contributed by atoms with Gasteiger partial charge in [-0.25, -0.2) is 4.98 Å². The minimum atomic E-state index is 0.354. The van der Waals surface area contributed by atoms with Crippen molar-refractivity contribution in [3.05, 3.63) is 18.2 Å². The Balaban J connectivity index is 2.61. The molecule has 0 saturated carbocycles. The van der Waals surface area contributed by atoms with Crippen molar-refractivity contribution in [3.63, 3.8) is 0 Å². The summed E-state index contributed by atoms with van der Waals surface area (Å²) >= 11 is 0. The molecule has 1 unspecified atom stereocenters. The van der Waals surface area contributed by atoms with Gasteiger partial charge in [0.05, 0.1) is 6.04 Å². The summed E-state index contributed by atoms with van der Waals surface area (Å²) in [6.45, 7) is 11.1.